The van der Waals surface area contributed by atoms with Gasteiger partial charge in [0.05, 0.1) is 5.75 Å². The molecule has 0 atom stereocenters. The zero-order valence-electron chi connectivity index (χ0n) is 12.4. The molecule has 0 aliphatic carbocycles. The van der Waals surface area contributed by atoms with Gasteiger partial charge in [-0.3, -0.25) is 4.79 Å². The van der Waals surface area contributed by atoms with Crippen LogP contribution in [0.25, 0.3) is 0 Å². The molecule has 108 valence electrons. The van der Waals surface area contributed by atoms with Crippen molar-refractivity contribution in [2.75, 3.05) is 5.75 Å². The summed E-state index contributed by atoms with van der Waals surface area (Å²) >= 11 is 1.30. The molecule has 1 N–H and O–H groups in total. The Morgan fingerprint density at radius 3 is 2.63 bits per heavy atom. The number of hydrogen-bond donors (Lipinski definition) is 1. The number of hydrogen-bond acceptors (Lipinski definition) is 3. The van der Waals surface area contributed by atoms with Crippen molar-refractivity contribution in [2.45, 2.75) is 64.1 Å². The molecule has 0 spiro atoms. The number of carboxylic acid groups (broad SMARTS) is 1. The molecule has 0 unspecified atom stereocenters. The van der Waals surface area contributed by atoms with E-state index in [1.165, 1.54) is 17.5 Å². The fourth-order valence-corrected chi connectivity index (χ4v) is 3.18. The highest BCUT2D eigenvalue weighted by atomic mass is 32.2. The fourth-order valence-electron chi connectivity index (χ4n) is 2.31. The van der Waals surface area contributed by atoms with Crippen LogP contribution in [0.1, 0.15) is 59.1 Å². The number of aliphatic carboxylic acids is 1. The molecule has 19 heavy (non-hydrogen) atoms. The van der Waals surface area contributed by atoms with Crippen LogP contribution in [0, 0.1) is 0 Å². The maximum absolute atomic E-state index is 10.7. The summed E-state index contributed by atoms with van der Waals surface area (Å²) in [5.74, 6) is -0.377. The van der Waals surface area contributed by atoms with Gasteiger partial charge in [-0.2, -0.15) is 0 Å². The molecular formula is C14H24N2O2S. The van der Waals surface area contributed by atoms with Crippen LogP contribution in [0.5, 0.6) is 0 Å². The largest absolute Gasteiger partial charge is 0.481 e. The minimum atomic E-state index is -0.807. The Hall–Kier alpha value is -0.970. The first-order valence-corrected chi connectivity index (χ1v) is 7.71. The lowest BCUT2D eigenvalue weighted by Crippen LogP contribution is -2.29. The van der Waals surface area contributed by atoms with Crippen molar-refractivity contribution in [1.29, 1.82) is 0 Å². The maximum Gasteiger partial charge on any atom is 0.313 e. The summed E-state index contributed by atoms with van der Waals surface area (Å²) in [5, 5.41) is 9.64. The van der Waals surface area contributed by atoms with Gasteiger partial charge in [0.15, 0.2) is 5.16 Å². The first kappa shape index (κ1) is 16.1. The normalized spacial score (nSPS) is 12.1. The number of aromatic nitrogens is 2. The van der Waals surface area contributed by atoms with E-state index in [1.54, 1.807) is 0 Å². The first-order chi connectivity index (χ1) is 8.79. The van der Waals surface area contributed by atoms with Crippen molar-refractivity contribution in [3.63, 3.8) is 0 Å². The van der Waals surface area contributed by atoms with E-state index in [-0.39, 0.29) is 11.3 Å². The Kier molecular flexibility index (Phi) is 5.47. The molecule has 5 heteroatoms. The summed E-state index contributed by atoms with van der Waals surface area (Å²) in [6, 6.07) is 0. The van der Waals surface area contributed by atoms with Gasteiger partial charge in [0.25, 0.3) is 0 Å². The van der Waals surface area contributed by atoms with Crippen LogP contribution in [0.15, 0.2) is 11.4 Å². The third-order valence-electron chi connectivity index (χ3n) is 3.14. The van der Waals surface area contributed by atoms with Gasteiger partial charge in [0, 0.05) is 17.4 Å². The number of rotatable bonds is 7. The number of carboxylic acids is 1. The highest BCUT2D eigenvalue weighted by Gasteiger charge is 2.26. The summed E-state index contributed by atoms with van der Waals surface area (Å²) < 4.78 is 2.22. The Balaban J connectivity index is 3.15. The van der Waals surface area contributed by atoms with E-state index < -0.39 is 5.97 Å². The van der Waals surface area contributed by atoms with Crippen LogP contribution in [0.2, 0.25) is 0 Å². The fraction of sp³-hybridized carbons (Fsp3) is 0.714. The van der Waals surface area contributed by atoms with Crippen LogP contribution >= 0.6 is 11.8 Å². The van der Waals surface area contributed by atoms with E-state index in [0.29, 0.717) is 5.92 Å². The summed E-state index contributed by atoms with van der Waals surface area (Å²) in [6.45, 7) is 10.8. The molecule has 0 aliphatic rings. The minimum absolute atomic E-state index is 0.0360. The van der Waals surface area contributed by atoms with Gasteiger partial charge in [-0.25, -0.2) is 4.98 Å². The predicted octanol–water partition coefficient (Wildman–Crippen LogP) is 3.72. The topological polar surface area (TPSA) is 55.1 Å². The summed E-state index contributed by atoms with van der Waals surface area (Å²) in [5.41, 5.74) is 1.14. The van der Waals surface area contributed by atoms with Gasteiger partial charge in [0.1, 0.15) is 0 Å². The van der Waals surface area contributed by atoms with Crippen molar-refractivity contribution < 1.29 is 9.90 Å². The van der Waals surface area contributed by atoms with E-state index in [1.807, 2.05) is 6.20 Å². The lowest BCUT2D eigenvalue weighted by atomic mass is 9.97. The Morgan fingerprint density at radius 1 is 1.53 bits per heavy atom. The number of carbonyl (C=O) groups is 1. The summed E-state index contributed by atoms with van der Waals surface area (Å²) in [6.07, 6.45) is 4.02. The molecule has 0 amide bonds. The number of imidazole rings is 1. The zero-order chi connectivity index (χ0) is 14.6. The van der Waals surface area contributed by atoms with E-state index >= 15 is 0 Å². The third kappa shape index (κ3) is 4.00. The SMILES string of the molecule is CCCC(C)(C)n1c(C(C)C)cnc1SCC(=O)O. The molecule has 1 heterocycles. The smallest absolute Gasteiger partial charge is 0.313 e. The van der Waals surface area contributed by atoms with Crippen molar-refractivity contribution in [2.24, 2.45) is 0 Å². The van der Waals surface area contributed by atoms with Gasteiger partial charge >= 0.3 is 5.97 Å². The average Bonchev–Trinajstić information content (AvgIpc) is 2.70. The zero-order valence-corrected chi connectivity index (χ0v) is 13.3. The molecule has 1 aromatic heterocycles. The second-order valence-electron chi connectivity index (χ2n) is 5.70. The molecule has 0 bridgehead atoms. The van der Waals surface area contributed by atoms with E-state index in [2.05, 4.69) is 44.2 Å². The quantitative estimate of drug-likeness (QED) is 0.775. The van der Waals surface area contributed by atoms with Crippen LogP contribution in [0.4, 0.5) is 0 Å². The lowest BCUT2D eigenvalue weighted by molar-refractivity contribution is -0.133. The maximum atomic E-state index is 10.7. The van der Waals surface area contributed by atoms with E-state index in [0.717, 1.165) is 18.0 Å². The average molecular weight is 284 g/mol. The lowest BCUT2D eigenvalue weighted by Gasteiger charge is -2.31. The van der Waals surface area contributed by atoms with Crippen molar-refractivity contribution >= 4 is 17.7 Å². The van der Waals surface area contributed by atoms with Crippen LogP contribution in [0.3, 0.4) is 0 Å². The number of thioether (sulfide) groups is 1. The molecule has 1 rings (SSSR count). The molecule has 1 aromatic rings. The van der Waals surface area contributed by atoms with Crippen LogP contribution < -0.4 is 0 Å². The third-order valence-corrected chi connectivity index (χ3v) is 4.08. The molecule has 0 saturated heterocycles. The molecule has 4 nitrogen and oxygen atoms in total. The molecule has 0 aromatic carbocycles. The van der Waals surface area contributed by atoms with Gasteiger partial charge in [-0.15, -0.1) is 0 Å². The van der Waals surface area contributed by atoms with Gasteiger partial charge in [-0.1, -0.05) is 39.0 Å². The van der Waals surface area contributed by atoms with E-state index in [9.17, 15) is 4.79 Å². The van der Waals surface area contributed by atoms with Crippen molar-refractivity contribution in [3.05, 3.63) is 11.9 Å². The molecule has 0 saturated carbocycles. The monoisotopic (exact) mass is 284 g/mol. The Bertz CT molecular complexity index is 439. The molecule has 0 aliphatic heterocycles. The summed E-state index contributed by atoms with van der Waals surface area (Å²) in [7, 11) is 0. The van der Waals surface area contributed by atoms with Gasteiger partial charge in [-0.05, 0) is 26.2 Å². The predicted molar refractivity (Wildman–Crippen MR) is 78.9 cm³/mol. The molecular weight excluding hydrogens is 260 g/mol. The van der Waals surface area contributed by atoms with Crippen molar-refractivity contribution in [1.82, 2.24) is 9.55 Å². The second kappa shape index (κ2) is 6.46. The first-order valence-electron chi connectivity index (χ1n) is 6.72. The van der Waals surface area contributed by atoms with Gasteiger partial charge < -0.3 is 9.67 Å². The Morgan fingerprint density at radius 2 is 2.16 bits per heavy atom. The Labute approximate surface area is 119 Å². The highest BCUT2D eigenvalue weighted by molar-refractivity contribution is 7.99. The van der Waals surface area contributed by atoms with Crippen LogP contribution in [-0.4, -0.2) is 26.4 Å². The van der Waals surface area contributed by atoms with Gasteiger partial charge in [0.2, 0.25) is 0 Å². The van der Waals surface area contributed by atoms with Crippen LogP contribution in [-0.2, 0) is 10.3 Å². The van der Waals surface area contributed by atoms with Crippen molar-refractivity contribution in [3.8, 4) is 0 Å². The summed E-state index contributed by atoms with van der Waals surface area (Å²) in [4.78, 5) is 15.2. The standard InChI is InChI=1S/C14H24N2O2S/c1-6-7-14(4,5)16-11(10(2)3)8-15-13(16)19-9-12(17)18/h8,10H,6-7,9H2,1-5H3,(H,17,18). The minimum Gasteiger partial charge on any atom is -0.481 e. The number of nitrogens with zero attached hydrogens (tertiary/aromatic N) is 2. The molecule has 0 fully saturated rings. The second-order valence-corrected chi connectivity index (χ2v) is 6.64. The highest BCUT2D eigenvalue weighted by Crippen LogP contribution is 2.33. The van der Waals surface area contributed by atoms with E-state index in [4.69, 9.17) is 5.11 Å². The molecule has 0 radical (unpaired) electrons.